The monoisotopic (exact) mass is 263 g/mol. The summed E-state index contributed by atoms with van der Waals surface area (Å²) in [5.41, 5.74) is 0.567. The third-order valence-corrected chi connectivity index (χ3v) is 2.48. The van der Waals surface area contributed by atoms with E-state index in [1.54, 1.807) is 36.4 Å². The highest BCUT2D eigenvalue weighted by molar-refractivity contribution is 6.30. The molecule has 1 heterocycles. The van der Waals surface area contributed by atoms with E-state index in [4.69, 9.17) is 21.4 Å². The summed E-state index contributed by atoms with van der Waals surface area (Å²) in [6.07, 6.45) is 0. The number of hydrogen-bond acceptors (Lipinski definition) is 3. The molecule has 0 aliphatic carbocycles. The van der Waals surface area contributed by atoms with Gasteiger partial charge in [0.1, 0.15) is 18.1 Å². The maximum absolute atomic E-state index is 10.7. The lowest BCUT2D eigenvalue weighted by Gasteiger charge is -2.06. The fourth-order valence-corrected chi connectivity index (χ4v) is 1.49. The van der Waals surface area contributed by atoms with Crippen molar-refractivity contribution in [2.45, 2.75) is 6.61 Å². The molecule has 0 atom stereocenters. The predicted molar refractivity (Wildman–Crippen MR) is 67.0 cm³/mol. The van der Waals surface area contributed by atoms with Gasteiger partial charge in [-0.25, -0.2) is 9.78 Å². The van der Waals surface area contributed by atoms with Gasteiger partial charge in [-0.15, -0.1) is 0 Å². The van der Waals surface area contributed by atoms with Crippen molar-refractivity contribution < 1.29 is 14.6 Å². The number of aromatic carboxylic acids is 1. The van der Waals surface area contributed by atoms with Crippen LogP contribution in [0.15, 0.2) is 42.5 Å². The number of halogens is 1. The molecule has 1 N–H and O–H groups in total. The van der Waals surface area contributed by atoms with Gasteiger partial charge in [-0.1, -0.05) is 17.7 Å². The van der Waals surface area contributed by atoms with Crippen LogP contribution in [0.5, 0.6) is 5.75 Å². The first kappa shape index (κ1) is 12.4. The van der Waals surface area contributed by atoms with Gasteiger partial charge >= 0.3 is 5.97 Å². The average Bonchev–Trinajstić information content (AvgIpc) is 2.38. The number of nitrogens with zero attached hydrogens (tertiary/aromatic N) is 1. The molecule has 0 bridgehead atoms. The van der Waals surface area contributed by atoms with E-state index in [0.717, 1.165) is 0 Å². The second-order valence-corrected chi connectivity index (χ2v) is 4.00. The van der Waals surface area contributed by atoms with Crippen LogP contribution in [-0.2, 0) is 6.61 Å². The van der Waals surface area contributed by atoms with Gasteiger partial charge in [0.25, 0.3) is 0 Å². The van der Waals surface area contributed by atoms with Crippen molar-refractivity contribution in [1.82, 2.24) is 4.98 Å². The number of carboxylic acid groups (broad SMARTS) is 1. The van der Waals surface area contributed by atoms with Crippen LogP contribution in [-0.4, -0.2) is 16.1 Å². The number of aromatic nitrogens is 1. The molecule has 0 aliphatic heterocycles. The summed E-state index contributed by atoms with van der Waals surface area (Å²) in [5.74, 6) is -0.398. The van der Waals surface area contributed by atoms with E-state index in [0.29, 0.717) is 16.5 Å². The molecule has 0 saturated carbocycles. The molecule has 4 nitrogen and oxygen atoms in total. The van der Waals surface area contributed by atoms with E-state index in [-0.39, 0.29) is 12.3 Å². The van der Waals surface area contributed by atoms with Gasteiger partial charge in [0.05, 0.1) is 5.69 Å². The molecular weight excluding hydrogens is 254 g/mol. The smallest absolute Gasteiger partial charge is 0.354 e. The molecule has 18 heavy (non-hydrogen) atoms. The summed E-state index contributed by atoms with van der Waals surface area (Å²) < 4.78 is 5.47. The molecule has 0 amide bonds. The summed E-state index contributed by atoms with van der Waals surface area (Å²) in [7, 11) is 0. The fourth-order valence-electron chi connectivity index (χ4n) is 1.37. The molecule has 0 fully saturated rings. The van der Waals surface area contributed by atoms with Crippen LogP contribution in [0.4, 0.5) is 0 Å². The summed E-state index contributed by atoms with van der Waals surface area (Å²) in [6.45, 7) is 0.211. The molecule has 5 heteroatoms. The molecule has 2 aromatic rings. The lowest BCUT2D eigenvalue weighted by Crippen LogP contribution is -2.04. The van der Waals surface area contributed by atoms with Gasteiger partial charge in [0.2, 0.25) is 0 Å². The van der Waals surface area contributed by atoms with Crippen molar-refractivity contribution in [3.05, 3.63) is 58.9 Å². The van der Waals surface area contributed by atoms with Crippen molar-refractivity contribution in [3.63, 3.8) is 0 Å². The average molecular weight is 264 g/mol. The molecule has 0 spiro atoms. The maximum Gasteiger partial charge on any atom is 0.354 e. The number of rotatable bonds is 4. The Morgan fingerprint density at radius 1 is 1.22 bits per heavy atom. The highest BCUT2D eigenvalue weighted by Crippen LogP contribution is 2.16. The van der Waals surface area contributed by atoms with E-state index in [2.05, 4.69) is 4.98 Å². The van der Waals surface area contributed by atoms with Crippen molar-refractivity contribution in [3.8, 4) is 5.75 Å². The zero-order chi connectivity index (χ0) is 13.0. The maximum atomic E-state index is 10.7. The number of pyridine rings is 1. The Kier molecular flexibility index (Phi) is 3.79. The minimum Gasteiger partial charge on any atom is -0.487 e. The summed E-state index contributed by atoms with van der Waals surface area (Å²) >= 11 is 5.75. The van der Waals surface area contributed by atoms with E-state index in [9.17, 15) is 4.79 Å². The Bertz CT molecular complexity index is 554. The molecule has 1 aromatic carbocycles. The SMILES string of the molecule is O=C(O)c1cccc(COc2ccc(Cl)cc2)n1. The first-order valence-electron chi connectivity index (χ1n) is 5.23. The van der Waals surface area contributed by atoms with Crippen LogP contribution in [0.3, 0.4) is 0 Å². The van der Waals surface area contributed by atoms with Crippen LogP contribution in [0, 0.1) is 0 Å². The van der Waals surface area contributed by atoms with Gasteiger partial charge in [-0.3, -0.25) is 0 Å². The van der Waals surface area contributed by atoms with Crippen LogP contribution in [0.1, 0.15) is 16.2 Å². The Labute approximate surface area is 109 Å². The van der Waals surface area contributed by atoms with Crippen molar-refractivity contribution in [1.29, 1.82) is 0 Å². The zero-order valence-electron chi connectivity index (χ0n) is 9.34. The van der Waals surface area contributed by atoms with Crippen molar-refractivity contribution in [2.75, 3.05) is 0 Å². The summed E-state index contributed by atoms with van der Waals surface area (Å²) in [4.78, 5) is 14.7. The van der Waals surface area contributed by atoms with Gasteiger partial charge < -0.3 is 9.84 Å². The third kappa shape index (κ3) is 3.21. The van der Waals surface area contributed by atoms with E-state index >= 15 is 0 Å². The second-order valence-electron chi connectivity index (χ2n) is 3.56. The number of carboxylic acids is 1. The Balaban J connectivity index is 2.04. The van der Waals surface area contributed by atoms with E-state index in [1.807, 2.05) is 0 Å². The van der Waals surface area contributed by atoms with E-state index < -0.39 is 5.97 Å². The molecule has 0 unspecified atom stereocenters. The highest BCUT2D eigenvalue weighted by Gasteiger charge is 2.05. The van der Waals surface area contributed by atoms with E-state index in [1.165, 1.54) is 6.07 Å². The molecule has 0 aliphatic rings. The Morgan fingerprint density at radius 3 is 2.61 bits per heavy atom. The molecule has 1 aromatic heterocycles. The second kappa shape index (κ2) is 5.51. The summed E-state index contributed by atoms with van der Waals surface area (Å²) in [5, 5.41) is 9.44. The van der Waals surface area contributed by atoms with Crippen molar-refractivity contribution in [2.24, 2.45) is 0 Å². The quantitative estimate of drug-likeness (QED) is 0.921. The highest BCUT2D eigenvalue weighted by atomic mass is 35.5. The standard InChI is InChI=1S/C13H10ClNO3/c14-9-4-6-11(7-5-9)18-8-10-2-1-3-12(15-10)13(16)17/h1-7H,8H2,(H,16,17). The number of ether oxygens (including phenoxy) is 1. The van der Waals surface area contributed by atoms with Crippen LogP contribution in [0.2, 0.25) is 5.02 Å². The van der Waals surface area contributed by atoms with Gasteiger partial charge in [0, 0.05) is 5.02 Å². The van der Waals surface area contributed by atoms with Crippen LogP contribution in [0.25, 0.3) is 0 Å². The molecule has 0 radical (unpaired) electrons. The molecule has 2 rings (SSSR count). The lowest BCUT2D eigenvalue weighted by molar-refractivity contribution is 0.0690. The third-order valence-electron chi connectivity index (χ3n) is 2.23. The molecular formula is C13H10ClNO3. The first-order chi connectivity index (χ1) is 8.65. The normalized spacial score (nSPS) is 10.1. The summed E-state index contributed by atoms with van der Waals surface area (Å²) in [6, 6.07) is 11.7. The topological polar surface area (TPSA) is 59.4 Å². The largest absolute Gasteiger partial charge is 0.487 e. The molecule has 0 saturated heterocycles. The van der Waals surface area contributed by atoms with Crippen LogP contribution >= 0.6 is 11.6 Å². The minimum absolute atomic E-state index is 0.00667. The first-order valence-corrected chi connectivity index (χ1v) is 5.60. The fraction of sp³-hybridized carbons (Fsp3) is 0.0769. The predicted octanol–water partition coefficient (Wildman–Crippen LogP) is 3.01. The minimum atomic E-state index is -1.05. The Morgan fingerprint density at radius 2 is 1.94 bits per heavy atom. The zero-order valence-corrected chi connectivity index (χ0v) is 10.1. The number of benzene rings is 1. The molecule has 92 valence electrons. The van der Waals surface area contributed by atoms with Crippen molar-refractivity contribution >= 4 is 17.6 Å². The van der Waals surface area contributed by atoms with Crippen LogP contribution < -0.4 is 4.74 Å². The Hall–Kier alpha value is -2.07. The van der Waals surface area contributed by atoms with Gasteiger partial charge in [0.15, 0.2) is 0 Å². The lowest BCUT2D eigenvalue weighted by atomic mass is 10.3. The number of hydrogen-bond donors (Lipinski definition) is 1. The van der Waals surface area contributed by atoms with Gasteiger partial charge in [-0.05, 0) is 36.4 Å². The van der Waals surface area contributed by atoms with Gasteiger partial charge in [-0.2, -0.15) is 0 Å². The number of carbonyl (C=O) groups is 1.